The largest absolute Gasteiger partial charge is 0.480 e. The minimum Gasteiger partial charge on any atom is -0.480 e. The van der Waals surface area contributed by atoms with Crippen LogP contribution in [0, 0.1) is 0 Å². The summed E-state index contributed by atoms with van der Waals surface area (Å²) in [5.74, 6) is -1.39. The van der Waals surface area contributed by atoms with Crippen molar-refractivity contribution in [1.29, 1.82) is 0 Å². The van der Waals surface area contributed by atoms with Gasteiger partial charge in [0.15, 0.2) is 0 Å². The van der Waals surface area contributed by atoms with Gasteiger partial charge in [-0.25, -0.2) is 0 Å². The number of aliphatic carboxylic acids is 1. The van der Waals surface area contributed by atoms with Crippen molar-refractivity contribution in [3.05, 3.63) is 71.9 Å². The van der Waals surface area contributed by atoms with Crippen LogP contribution in [0.15, 0.2) is 60.8 Å². The Morgan fingerprint density at radius 3 is 2.43 bits per heavy atom. The summed E-state index contributed by atoms with van der Waals surface area (Å²) in [5, 5.41) is 10.4. The van der Waals surface area contributed by atoms with E-state index in [4.69, 9.17) is 5.73 Å². The molecule has 0 spiro atoms. The summed E-state index contributed by atoms with van der Waals surface area (Å²) in [7, 11) is 0. The number of benzene rings is 2. The van der Waals surface area contributed by atoms with Crippen LogP contribution in [0.3, 0.4) is 0 Å². The molecule has 0 saturated carbocycles. The van der Waals surface area contributed by atoms with E-state index in [1.54, 1.807) is 0 Å². The van der Waals surface area contributed by atoms with Gasteiger partial charge in [0.05, 0.1) is 0 Å². The van der Waals surface area contributed by atoms with Crippen LogP contribution in [0.25, 0.3) is 10.9 Å². The summed E-state index contributed by atoms with van der Waals surface area (Å²) < 4.78 is 0. The van der Waals surface area contributed by atoms with Crippen LogP contribution < -0.4 is 5.73 Å². The van der Waals surface area contributed by atoms with Gasteiger partial charge < -0.3 is 15.8 Å². The molecular weight excluding hydrogens is 264 g/mol. The molecule has 1 unspecified atom stereocenters. The third-order valence-corrected chi connectivity index (χ3v) is 3.76. The molecule has 0 saturated heterocycles. The highest BCUT2D eigenvalue weighted by atomic mass is 16.4. The highest BCUT2D eigenvalue weighted by molar-refractivity contribution is 5.86. The van der Waals surface area contributed by atoms with Crippen molar-refractivity contribution >= 4 is 16.9 Å². The lowest BCUT2D eigenvalue weighted by atomic mass is 9.85. The normalized spacial score (nSPS) is 14.0. The first-order valence-electron chi connectivity index (χ1n) is 6.78. The van der Waals surface area contributed by atoms with Crippen LogP contribution in [-0.4, -0.2) is 22.1 Å². The Kier molecular flexibility index (Phi) is 3.46. The molecule has 3 rings (SSSR count). The molecule has 1 heterocycles. The molecule has 2 atom stereocenters. The summed E-state index contributed by atoms with van der Waals surface area (Å²) in [4.78, 5) is 14.6. The summed E-state index contributed by atoms with van der Waals surface area (Å²) in [5.41, 5.74) is 8.75. The van der Waals surface area contributed by atoms with Gasteiger partial charge in [-0.15, -0.1) is 0 Å². The first-order valence-corrected chi connectivity index (χ1v) is 6.78. The number of hydrogen-bond donors (Lipinski definition) is 3. The smallest absolute Gasteiger partial charge is 0.321 e. The number of aromatic nitrogens is 1. The lowest BCUT2D eigenvalue weighted by Crippen LogP contribution is -2.37. The van der Waals surface area contributed by atoms with Gasteiger partial charge >= 0.3 is 5.97 Å². The van der Waals surface area contributed by atoms with Gasteiger partial charge in [-0.05, 0) is 17.2 Å². The molecular formula is C17H16N2O2. The first-order chi connectivity index (χ1) is 10.2. The second-order valence-corrected chi connectivity index (χ2v) is 5.04. The molecule has 3 aromatic rings. The Morgan fingerprint density at radius 1 is 1.05 bits per heavy atom. The summed E-state index contributed by atoms with van der Waals surface area (Å²) in [6, 6.07) is 16.3. The molecule has 0 amide bonds. The molecule has 0 aliphatic carbocycles. The monoisotopic (exact) mass is 280 g/mol. The van der Waals surface area contributed by atoms with E-state index in [1.807, 2.05) is 60.8 Å². The Bertz CT molecular complexity index is 765. The molecule has 4 nitrogen and oxygen atoms in total. The van der Waals surface area contributed by atoms with Crippen LogP contribution in [0.4, 0.5) is 0 Å². The van der Waals surface area contributed by atoms with Crippen LogP contribution >= 0.6 is 0 Å². The number of H-pyrrole nitrogens is 1. The number of aromatic amines is 1. The van der Waals surface area contributed by atoms with E-state index < -0.39 is 12.0 Å². The van der Waals surface area contributed by atoms with Crippen LogP contribution in [0.5, 0.6) is 0 Å². The van der Waals surface area contributed by atoms with Crippen molar-refractivity contribution in [2.24, 2.45) is 5.73 Å². The van der Waals surface area contributed by atoms with E-state index in [9.17, 15) is 9.90 Å². The number of para-hydroxylation sites is 1. The van der Waals surface area contributed by atoms with Gasteiger partial charge in [-0.1, -0.05) is 48.5 Å². The van der Waals surface area contributed by atoms with Crippen molar-refractivity contribution in [2.45, 2.75) is 12.0 Å². The van der Waals surface area contributed by atoms with E-state index in [1.165, 1.54) is 0 Å². The predicted octanol–water partition coefficient (Wildman–Crippen LogP) is 2.71. The maximum atomic E-state index is 11.4. The van der Waals surface area contributed by atoms with Gasteiger partial charge in [0.1, 0.15) is 6.04 Å². The molecule has 0 fully saturated rings. The average Bonchev–Trinajstić information content (AvgIpc) is 2.93. The van der Waals surface area contributed by atoms with Gasteiger partial charge in [0, 0.05) is 23.0 Å². The maximum absolute atomic E-state index is 11.4. The zero-order valence-corrected chi connectivity index (χ0v) is 11.4. The molecule has 4 heteroatoms. The van der Waals surface area contributed by atoms with E-state index in [-0.39, 0.29) is 5.92 Å². The number of hydrogen-bond acceptors (Lipinski definition) is 2. The quantitative estimate of drug-likeness (QED) is 0.687. The molecule has 106 valence electrons. The van der Waals surface area contributed by atoms with Gasteiger partial charge in [0.2, 0.25) is 0 Å². The topological polar surface area (TPSA) is 79.1 Å². The number of fused-ring (bicyclic) bond motifs is 1. The third-order valence-electron chi connectivity index (χ3n) is 3.76. The van der Waals surface area contributed by atoms with E-state index >= 15 is 0 Å². The van der Waals surface area contributed by atoms with E-state index in [0.717, 1.165) is 22.0 Å². The Morgan fingerprint density at radius 2 is 1.71 bits per heavy atom. The fourth-order valence-electron chi connectivity index (χ4n) is 2.73. The Hall–Kier alpha value is -2.59. The van der Waals surface area contributed by atoms with Gasteiger partial charge in [0.25, 0.3) is 0 Å². The summed E-state index contributed by atoms with van der Waals surface area (Å²) in [6.07, 6.45) is 1.85. The number of rotatable bonds is 4. The molecule has 21 heavy (non-hydrogen) atoms. The highest BCUT2D eigenvalue weighted by Gasteiger charge is 2.29. The molecule has 2 aromatic carbocycles. The zero-order valence-electron chi connectivity index (χ0n) is 11.4. The van der Waals surface area contributed by atoms with Gasteiger partial charge in [-0.2, -0.15) is 0 Å². The number of carboxylic acid groups (broad SMARTS) is 1. The fourth-order valence-corrected chi connectivity index (χ4v) is 2.73. The molecule has 1 aromatic heterocycles. The van der Waals surface area contributed by atoms with E-state index in [0.29, 0.717) is 0 Å². The van der Waals surface area contributed by atoms with E-state index in [2.05, 4.69) is 4.98 Å². The lowest BCUT2D eigenvalue weighted by molar-refractivity contribution is -0.138. The SMILES string of the molecule is N[C@H](C(=O)O)C(c1ccccc1)c1c[nH]c2ccccc12. The maximum Gasteiger partial charge on any atom is 0.321 e. The number of carboxylic acids is 1. The molecule has 0 aliphatic rings. The number of nitrogens with two attached hydrogens (primary N) is 1. The standard InChI is InChI=1S/C17H16N2O2/c18-16(17(20)21)15(11-6-2-1-3-7-11)13-10-19-14-9-5-4-8-12(13)14/h1-10,15-16,19H,18H2,(H,20,21)/t15?,16-/m0/s1. The van der Waals surface area contributed by atoms with Crippen LogP contribution in [0.2, 0.25) is 0 Å². The summed E-state index contributed by atoms with van der Waals surface area (Å²) in [6.45, 7) is 0. The lowest BCUT2D eigenvalue weighted by Gasteiger charge is -2.21. The first kappa shape index (κ1) is 13.4. The van der Waals surface area contributed by atoms with Crippen molar-refractivity contribution in [1.82, 2.24) is 4.98 Å². The van der Waals surface area contributed by atoms with Gasteiger partial charge in [-0.3, -0.25) is 4.79 Å². The predicted molar refractivity (Wildman–Crippen MR) is 82.2 cm³/mol. The number of nitrogens with one attached hydrogen (secondary N) is 1. The molecule has 0 bridgehead atoms. The second-order valence-electron chi connectivity index (χ2n) is 5.04. The third kappa shape index (κ3) is 2.41. The average molecular weight is 280 g/mol. The minimum absolute atomic E-state index is 0.389. The minimum atomic E-state index is -1.01. The van der Waals surface area contributed by atoms with Crippen molar-refractivity contribution in [3.8, 4) is 0 Å². The fraction of sp³-hybridized carbons (Fsp3) is 0.118. The molecule has 0 radical (unpaired) electrons. The molecule has 4 N–H and O–H groups in total. The number of carbonyl (C=O) groups is 1. The van der Waals surface area contributed by atoms with Crippen molar-refractivity contribution < 1.29 is 9.90 Å². The Labute approximate surface area is 122 Å². The molecule has 0 aliphatic heterocycles. The Balaban J connectivity index is 2.18. The van der Waals surface area contributed by atoms with Crippen molar-refractivity contribution in [3.63, 3.8) is 0 Å². The zero-order chi connectivity index (χ0) is 14.8. The van der Waals surface area contributed by atoms with Crippen LogP contribution in [0.1, 0.15) is 17.0 Å². The second kappa shape index (κ2) is 5.42. The highest BCUT2D eigenvalue weighted by Crippen LogP contribution is 2.32. The van der Waals surface area contributed by atoms with Crippen LogP contribution in [-0.2, 0) is 4.79 Å². The van der Waals surface area contributed by atoms with Crippen molar-refractivity contribution in [2.75, 3.05) is 0 Å². The summed E-state index contributed by atoms with van der Waals surface area (Å²) >= 11 is 0.